The fourth-order valence-corrected chi connectivity index (χ4v) is 3.29. The fourth-order valence-electron chi connectivity index (χ4n) is 1.73. The topological polar surface area (TPSA) is 66.8 Å². The van der Waals surface area contributed by atoms with Crippen LogP contribution in [0.4, 0.5) is 0 Å². The number of hydrogen-bond donors (Lipinski definition) is 1. The van der Waals surface area contributed by atoms with E-state index < -0.39 is 10.0 Å². The Morgan fingerprint density at radius 2 is 2.00 bits per heavy atom. The minimum atomic E-state index is -3.54. The summed E-state index contributed by atoms with van der Waals surface area (Å²) in [5.41, 5.74) is 0. The highest BCUT2D eigenvalue weighted by molar-refractivity contribution is 7.89. The molecule has 0 amide bonds. The van der Waals surface area contributed by atoms with E-state index in [1.807, 2.05) is 0 Å². The maximum Gasteiger partial charge on any atom is 0.242 e. The van der Waals surface area contributed by atoms with Gasteiger partial charge in [0.25, 0.3) is 0 Å². The van der Waals surface area contributed by atoms with Gasteiger partial charge in [-0.05, 0) is 37.5 Å². The number of benzene rings is 1. The van der Waals surface area contributed by atoms with Crippen molar-refractivity contribution in [1.82, 2.24) is 4.31 Å². The lowest BCUT2D eigenvalue weighted by Gasteiger charge is -2.17. The average molecular weight is 322 g/mol. The van der Waals surface area contributed by atoms with Crippen LogP contribution in [0.25, 0.3) is 0 Å². The summed E-state index contributed by atoms with van der Waals surface area (Å²) in [6.07, 6.45) is 2.18. The molecular formula is C13H20ClNO4S. The van der Waals surface area contributed by atoms with E-state index in [0.29, 0.717) is 25.1 Å². The molecule has 1 aromatic rings. The maximum atomic E-state index is 12.3. The van der Waals surface area contributed by atoms with Gasteiger partial charge in [0.1, 0.15) is 5.75 Å². The zero-order valence-electron chi connectivity index (χ0n) is 11.7. The van der Waals surface area contributed by atoms with Gasteiger partial charge in [-0.15, -0.1) is 0 Å². The lowest BCUT2D eigenvalue weighted by molar-refractivity contribution is 0.281. The van der Waals surface area contributed by atoms with Gasteiger partial charge in [-0.3, -0.25) is 0 Å². The standard InChI is InChI=1S/C13H20ClNO4S/c1-15(8-4-3-5-9-16)20(17,18)11-6-7-13(19-2)12(14)10-11/h6-7,10,16H,3-5,8-9H2,1-2H3. The molecule has 1 rings (SSSR count). The Kier molecular flexibility index (Phi) is 6.75. The molecule has 7 heteroatoms. The van der Waals surface area contributed by atoms with Crippen molar-refractivity contribution >= 4 is 21.6 Å². The SMILES string of the molecule is COc1ccc(S(=O)(=O)N(C)CCCCCO)cc1Cl. The summed E-state index contributed by atoms with van der Waals surface area (Å²) in [5, 5.41) is 8.96. The number of rotatable bonds is 8. The number of unbranched alkanes of at least 4 members (excludes halogenated alkanes) is 2. The normalized spacial score (nSPS) is 11.8. The van der Waals surface area contributed by atoms with Crippen LogP contribution in [0.3, 0.4) is 0 Å². The lowest BCUT2D eigenvalue weighted by atomic mass is 10.2. The van der Waals surface area contributed by atoms with E-state index in [4.69, 9.17) is 21.4 Å². The highest BCUT2D eigenvalue weighted by Crippen LogP contribution is 2.28. The molecule has 0 aliphatic carbocycles. The van der Waals surface area contributed by atoms with Gasteiger partial charge in [0.15, 0.2) is 0 Å². The zero-order chi connectivity index (χ0) is 15.2. The van der Waals surface area contributed by atoms with Gasteiger partial charge in [-0.25, -0.2) is 12.7 Å². The summed E-state index contributed by atoms with van der Waals surface area (Å²) in [4.78, 5) is 0.146. The van der Waals surface area contributed by atoms with E-state index in [9.17, 15) is 8.42 Å². The second-order valence-corrected chi connectivity index (χ2v) is 6.86. The Morgan fingerprint density at radius 3 is 2.55 bits per heavy atom. The molecule has 0 saturated carbocycles. The number of halogens is 1. The Labute approximate surface area is 125 Å². The van der Waals surface area contributed by atoms with Gasteiger partial charge < -0.3 is 9.84 Å². The van der Waals surface area contributed by atoms with Crippen LogP contribution in [0, 0.1) is 0 Å². The molecule has 0 spiro atoms. The van der Waals surface area contributed by atoms with Gasteiger partial charge in [0, 0.05) is 20.2 Å². The van der Waals surface area contributed by atoms with Crippen LogP contribution in [0.2, 0.25) is 5.02 Å². The van der Waals surface area contributed by atoms with E-state index >= 15 is 0 Å². The second kappa shape index (κ2) is 7.83. The summed E-state index contributed by atoms with van der Waals surface area (Å²) in [6, 6.07) is 4.40. The first kappa shape index (κ1) is 17.2. The van der Waals surface area contributed by atoms with Crippen molar-refractivity contribution in [2.75, 3.05) is 27.3 Å². The van der Waals surface area contributed by atoms with Crippen LogP contribution in [-0.2, 0) is 10.0 Å². The van der Waals surface area contributed by atoms with Gasteiger partial charge in [-0.2, -0.15) is 0 Å². The number of aliphatic hydroxyl groups excluding tert-OH is 1. The monoisotopic (exact) mass is 321 g/mol. The van der Waals surface area contributed by atoms with Crippen molar-refractivity contribution in [2.24, 2.45) is 0 Å². The Morgan fingerprint density at radius 1 is 1.30 bits per heavy atom. The molecule has 0 aromatic heterocycles. The molecule has 0 unspecified atom stereocenters. The Bertz CT molecular complexity index is 533. The lowest BCUT2D eigenvalue weighted by Crippen LogP contribution is -2.28. The summed E-state index contributed by atoms with van der Waals surface area (Å²) >= 11 is 5.95. The van der Waals surface area contributed by atoms with Crippen LogP contribution in [0.1, 0.15) is 19.3 Å². The van der Waals surface area contributed by atoms with Crippen LogP contribution < -0.4 is 4.74 Å². The van der Waals surface area contributed by atoms with Gasteiger partial charge in [-0.1, -0.05) is 11.6 Å². The molecule has 0 saturated heterocycles. The van der Waals surface area contributed by atoms with Crippen LogP contribution >= 0.6 is 11.6 Å². The maximum absolute atomic E-state index is 12.3. The molecule has 20 heavy (non-hydrogen) atoms. The minimum absolute atomic E-state index is 0.130. The number of aliphatic hydroxyl groups is 1. The molecule has 0 radical (unpaired) electrons. The van der Waals surface area contributed by atoms with E-state index in [-0.39, 0.29) is 16.5 Å². The molecule has 114 valence electrons. The first-order valence-electron chi connectivity index (χ1n) is 6.34. The summed E-state index contributed by atoms with van der Waals surface area (Å²) in [7, 11) is -0.534. The summed E-state index contributed by atoms with van der Waals surface area (Å²) in [6.45, 7) is 0.538. The van der Waals surface area contributed by atoms with Crippen LogP contribution in [0.5, 0.6) is 5.75 Å². The molecule has 0 heterocycles. The smallest absolute Gasteiger partial charge is 0.242 e. The van der Waals surface area contributed by atoms with Crippen molar-refractivity contribution in [2.45, 2.75) is 24.2 Å². The van der Waals surface area contributed by atoms with Crippen molar-refractivity contribution in [3.05, 3.63) is 23.2 Å². The van der Waals surface area contributed by atoms with E-state index in [0.717, 1.165) is 6.42 Å². The van der Waals surface area contributed by atoms with Crippen molar-refractivity contribution in [3.63, 3.8) is 0 Å². The Balaban J connectivity index is 2.79. The van der Waals surface area contributed by atoms with Crippen molar-refractivity contribution in [3.8, 4) is 5.75 Å². The van der Waals surface area contributed by atoms with Crippen LogP contribution in [0.15, 0.2) is 23.1 Å². The van der Waals surface area contributed by atoms with Gasteiger partial charge in [0.05, 0.1) is 17.0 Å². The molecule has 5 nitrogen and oxygen atoms in total. The molecular weight excluding hydrogens is 302 g/mol. The molecule has 0 atom stereocenters. The quantitative estimate of drug-likeness (QED) is 0.745. The van der Waals surface area contributed by atoms with Gasteiger partial charge in [0.2, 0.25) is 10.0 Å². The third-order valence-electron chi connectivity index (χ3n) is 2.96. The molecule has 1 N–H and O–H groups in total. The number of hydrogen-bond acceptors (Lipinski definition) is 4. The third-order valence-corrected chi connectivity index (χ3v) is 5.11. The van der Waals surface area contributed by atoms with E-state index in [2.05, 4.69) is 0 Å². The van der Waals surface area contributed by atoms with E-state index in [1.54, 1.807) is 0 Å². The fraction of sp³-hybridized carbons (Fsp3) is 0.538. The summed E-state index contributed by atoms with van der Waals surface area (Å²) < 4.78 is 30.9. The predicted octanol–water partition coefficient (Wildman–Crippen LogP) is 2.13. The number of nitrogens with zero attached hydrogens (tertiary/aromatic N) is 1. The second-order valence-electron chi connectivity index (χ2n) is 4.41. The third kappa shape index (κ3) is 4.34. The largest absolute Gasteiger partial charge is 0.495 e. The Hall–Kier alpha value is -0.820. The predicted molar refractivity (Wildman–Crippen MR) is 78.8 cm³/mol. The molecule has 1 aromatic carbocycles. The zero-order valence-corrected chi connectivity index (χ0v) is 13.2. The first-order chi connectivity index (χ1) is 9.43. The highest BCUT2D eigenvalue weighted by Gasteiger charge is 2.21. The minimum Gasteiger partial charge on any atom is -0.495 e. The molecule has 0 aliphatic heterocycles. The molecule has 0 fully saturated rings. The van der Waals surface area contributed by atoms with Crippen molar-refractivity contribution in [1.29, 1.82) is 0 Å². The number of methoxy groups -OCH3 is 1. The van der Waals surface area contributed by atoms with Crippen LogP contribution in [-0.4, -0.2) is 45.1 Å². The average Bonchev–Trinajstić information content (AvgIpc) is 2.43. The summed E-state index contributed by atoms with van der Waals surface area (Å²) in [5.74, 6) is 0.441. The number of ether oxygens (including phenoxy) is 1. The number of sulfonamides is 1. The first-order valence-corrected chi connectivity index (χ1v) is 8.16. The van der Waals surface area contributed by atoms with Gasteiger partial charge >= 0.3 is 0 Å². The molecule has 0 aliphatic rings. The van der Waals surface area contributed by atoms with Crippen molar-refractivity contribution < 1.29 is 18.3 Å². The van der Waals surface area contributed by atoms with E-state index in [1.165, 1.54) is 36.7 Å². The highest BCUT2D eigenvalue weighted by atomic mass is 35.5. The molecule has 0 bridgehead atoms.